The SMILES string of the molecule is CCC1C[C@@H]2CC2N1. The molecule has 46 valence electrons. The lowest BCUT2D eigenvalue weighted by Gasteiger charge is -2.07. The van der Waals surface area contributed by atoms with Crippen molar-refractivity contribution in [1.82, 2.24) is 5.32 Å². The Morgan fingerprint density at radius 2 is 2.38 bits per heavy atom. The van der Waals surface area contributed by atoms with Gasteiger partial charge in [-0.3, -0.25) is 0 Å². The summed E-state index contributed by atoms with van der Waals surface area (Å²) in [7, 11) is 0. The molecule has 0 aromatic carbocycles. The van der Waals surface area contributed by atoms with Crippen LogP contribution in [0.5, 0.6) is 0 Å². The minimum atomic E-state index is 0.874. The summed E-state index contributed by atoms with van der Waals surface area (Å²) in [5.41, 5.74) is 0. The summed E-state index contributed by atoms with van der Waals surface area (Å²) in [5, 5.41) is 3.58. The van der Waals surface area contributed by atoms with Crippen molar-refractivity contribution in [1.29, 1.82) is 0 Å². The summed E-state index contributed by atoms with van der Waals surface area (Å²) in [6.45, 7) is 2.27. The van der Waals surface area contributed by atoms with Crippen LogP contribution >= 0.6 is 0 Å². The maximum Gasteiger partial charge on any atom is 0.0102 e. The number of rotatable bonds is 1. The molecule has 2 aliphatic rings. The van der Waals surface area contributed by atoms with Crippen LogP contribution < -0.4 is 5.32 Å². The van der Waals surface area contributed by atoms with Crippen LogP contribution in [-0.2, 0) is 0 Å². The van der Waals surface area contributed by atoms with Gasteiger partial charge in [0.2, 0.25) is 0 Å². The van der Waals surface area contributed by atoms with E-state index >= 15 is 0 Å². The number of piperidine rings is 1. The first kappa shape index (κ1) is 4.80. The number of hydrogen-bond acceptors (Lipinski definition) is 1. The van der Waals surface area contributed by atoms with Gasteiger partial charge in [-0.1, -0.05) is 6.92 Å². The first-order chi connectivity index (χ1) is 3.90. The molecular weight excluding hydrogens is 98.1 g/mol. The third-order valence-corrected chi connectivity index (χ3v) is 2.45. The van der Waals surface area contributed by atoms with Crippen LogP contribution in [0, 0.1) is 5.92 Å². The van der Waals surface area contributed by atoms with E-state index in [0.29, 0.717) is 0 Å². The predicted molar refractivity (Wildman–Crippen MR) is 33.7 cm³/mol. The van der Waals surface area contributed by atoms with Crippen LogP contribution in [0.4, 0.5) is 0 Å². The maximum atomic E-state index is 3.58. The van der Waals surface area contributed by atoms with Crippen molar-refractivity contribution >= 4 is 0 Å². The van der Waals surface area contributed by atoms with Crippen LogP contribution in [0.25, 0.3) is 0 Å². The second kappa shape index (κ2) is 1.47. The molecule has 0 amide bonds. The molecule has 1 aliphatic carbocycles. The first-order valence-corrected chi connectivity index (χ1v) is 3.66. The fraction of sp³-hybridized carbons (Fsp3) is 1.00. The molecule has 1 N–H and O–H groups in total. The van der Waals surface area contributed by atoms with Gasteiger partial charge in [-0.05, 0) is 25.2 Å². The highest BCUT2D eigenvalue weighted by atomic mass is 15.0. The molecule has 0 aromatic rings. The van der Waals surface area contributed by atoms with Gasteiger partial charge in [0.1, 0.15) is 0 Å². The van der Waals surface area contributed by atoms with Crippen LogP contribution in [0.3, 0.4) is 0 Å². The van der Waals surface area contributed by atoms with Crippen molar-refractivity contribution in [2.45, 2.75) is 38.3 Å². The van der Waals surface area contributed by atoms with Crippen molar-refractivity contribution in [2.24, 2.45) is 5.92 Å². The lowest BCUT2D eigenvalue weighted by Crippen LogP contribution is -2.24. The fourth-order valence-corrected chi connectivity index (χ4v) is 1.73. The smallest absolute Gasteiger partial charge is 0.0102 e. The molecule has 1 aliphatic heterocycles. The van der Waals surface area contributed by atoms with Crippen molar-refractivity contribution in [3.63, 3.8) is 0 Å². The average molecular weight is 111 g/mol. The minimum Gasteiger partial charge on any atom is -0.311 e. The van der Waals surface area contributed by atoms with Crippen molar-refractivity contribution in [3.8, 4) is 0 Å². The number of nitrogens with one attached hydrogen (secondary N) is 1. The van der Waals surface area contributed by atoms with E-state index in [1.54, 1.807) is 0 Å². The Morgan fingerprint density at radius 1 is 1.50 bits per heavy atom. The van der Waals surface area contributed by atoms with E-state index in [1.807, 2.05) is 0 Å². The topological polar surface area (TPSA) is 12.0 Å². The van der Waals surface area contributed by atoms with E-state index < -0.39 is 0 Å². The Morgan fingerprint density at radius 3 is 2.75 bits per heavy atom. The second-order valence-corrected chi connectivity index (χ2v) is 3.11. The highest BCUT2D eigenvalue weighted by Gasteiger charge is 2.44. The van der Waals surface area contributed by atoms with Crippen LogP contribution in [0.2, 0.25) is 0 Å². The van der Waals surface area contributed by atoms with Crippen LogP contribution in [0.1, 0.15) is 26.2 Å². The Hall–Kier alpha value is -0.0400. The normalized spacial score (nSPS) is 51.4. The predicted octanol–water partition coefficient (Wildman–Crippen LogP) is 1.15. The molecule has 0 aromatic heterocycles. The summed E-state index contributed by atoms with van der Waals surface area (Å²) >= 11 is 0. The molecule has 1 nitrogen and oxygen atoms in total. The van der Waals surface area contributed by atoms with Gasteiger partial charge < -0.3 is 5.32 Å². The molecule has 1 heterocycles. The number of hydrogen-bond donors (Lipinski definition) is 1. The molecule has 3 atom stereocenters. The van der Waals surface area contributed by atoms with Gasteiger partial charge in [0.25, 0.3) is 0 Å². The summed E-state index contributed by atoms with van der Waals surface area (Å²) in [4.78, 5) is 0. The third-order valence-electron chi connectivity index (χ3n) is 2.45. The minimum absolute atomic E-state index is 0.874. The quantitative estimate of drug-likeness (QED) is 0.535. The maximum absolute atomic E-state index is 3.58. The summed E-state index contributed by atoms with van der Waals surface area (Å²) in [5.74, 6) is 1.08. The lowest BCUT2D eigenvalue weighted by atomic mass is 10.1. The molecule has 1 heteroatoms. The molecule has 0 radical (unpaired) electrons. The summed E-state index contributed by atoms with van der Waals surface area (Å²) < 4.78 is 0. The van der Waals surface area contributed by atoms with E-state index in [4.69, 9.17) is 0 Å². The molecule has 0 spiro atoms. The zero-order valence-corrected chi connectivity index (χ0v) is 5.35. The van der Waals surface area contributed by atoms with E-state index in [1.165, 1.54) is 19.3 Å². The van der Waals surface area contributed by atoms with E-state index in [2.05, 4.69) is 12.2 Å². The Kier molecular flexibility index (Phi) is 0.884. The monoisotopic (exact) mass is 111 g/mol. The van der Waals surface area contributed by atoms with Gasteiger partial charge in [-0.2, -0.15) is 0 Å². The van der Waals surface area contributed by atoms with Gasteiger partial charge in [0.05, 0.1) is 0 Å². The molecule has 1 saturated heterocycles. The zero-order chi connectivity index (χ0) is 5.56. The van der Waals surface area contributed by atoms with Gasteiger partial charge in [0, 0.05) is 12.1 Å². The van der Waals surface area contributed by atoms with Crippen LogP contribution in [0.15, 0.2) is 0 Å². The molecule has 2 fully saturated rings. The molecule has 0 bridgehead atoms. The molecule has 1 saturated carbocycles. The highest BCUT2D eigenvalue weighted by molar-refractivity contribution is 5.02. The van der Waals surface area contributed by atoms with Gasteiger partial charge in [0.15, 0.2) is 0 Å². The van der Waals surface area contributed by atoms with Gasteiger partial charge in [-0.15, -0.1) is 0 Å². The number of fused-ring (bicyclic) bond motifs is 1. The van der Waals surface area contributed by atoms with E-state index in [9.17, 15) is 0 Å². The van der Waals surface area contributed by atoms with Crippen molar-refractivity contribution in [2.75, 3.05) is 0 Å². The van der Waals surface area contributed by atoms with Crippen LogP contribution in [-0.4, -0.2) is 12.1 Å². The van der Waals surface area contributed by atoms with E-state index in [0.717, 1.165) is 18.0 Å². The zero-order valence-electron chi connectivity index (χ0n) is 5.35. The Balaban J connectivity index is 1.89. The van der Waals surface area contributed by atoms with Gasteiger partial charge in [-0.25, -0.2) is 0 Å². The van der Waals surface area contributed by atoms with E-state index in [-0.39, 0.29) is 0 Å². The Labute approximate surface area is 50.5 Å². The molecule has 2 rings (SSSR count). The fourth-order valence-electron chi connectivity index (χ4n) is 1.73. The summed E-state index contributed by atoms with van der Waals surface area (Å²) in [6, 6.07) is 1.82. The largest absolute Gasteiger partial charge is 0.311 e. The Bertz CT molecular complexity index is 90.6. The molecular formula is C7H13N. The highest BCUT2D eigenvalue weighted by Crippen LogP contribution is 2.41. The van der Waals surface area contributed by atoms with Crippen molar-refractivity contribution < 1.29 is 0 Å². The first-order valence-electron chi connectivity index (χ1n) is 3.66. The standard InChI is InChI=1S/C7H13N/c1-2-6-3-5-4-7(5)8-6/h5-8H,2-4H2,1H3/t5-,6?,7?/m1/s1. The van der Waals surface area contributed by atoms with Gasteiger partial charge >= 0.3 is 0 Å². The van der Waals surface area contributed by atoms with Crippen molar-refractivity contribution in [3.05, 3.63) is 0 Å². The lowest BCUT2D eigenvalue weighted by molar-refractivity contribution is 0.526. The molecule has 8 heavy (non-hydrogen) atoms. The molecule has 2 unspecified atom stereocenters. The third kappa shape index (κ3) is 0.576. The average Bonchev–Trinajstić information content (AvgIpc) is 2.40. The summed E-state index contributed by atoms with van der Waals surface area (Å²) in [6.07, 6.45) is 4.25. The second-order valence-electron chi connectivity index (χ2n) is 3.11.